The van der Waals surface area contributed by atoms with Crippen LogP contribution in [-0.4, -0.2) is 48.6 Å². The number of para-hydroxylation sites is 6. The summed E-state index contributed by atoms with van der Waals surface area (Å²) in [7, 11) is -8.29. The van der Waals surface area contributed by atoms with Crippen molar-refractivity contribution >= 4 is 26.1 Å². The Kier molecular flexibility index (Phi) is 6.98. The van der Waals surface area contributed by atoms with E-state index in [4.69, 9.17) is 18.1 Å². The quantitative estimate of drug-likeness (QED) is 0.144. The fourth-order valence-electron chi connectivity index (χ4n) is 7.09. The number of hydrogen-bond acceptors (Lipinski definition) is 8. The molecule has 0 saturated carbocycles. The number of fused-ring (bicyclic) bond motifs is 8. The summed E-state index contributed by atoms with van der Waals surface area (Å²) in [5, 5.41) is 0. The summed E-state index contributed by atoms with van der Waals surface area (Å²) in [6, 6.07) is 36.7. The molecular weight excluding hydrogens is 590 g/mol. The Labute approximate surface area is 261 Å². The molecule has 3 heterocycles. The van der Waals surface area contributed by atoms with Gasteiger partial charge < -0.3 is 0 Å². The molecule has 0 aliphatic carbocycles. The van der Waals surface area contributed by atoms with E-state index < -0.39 is 14.7 Å². The molecule has 7 rings (SSSR count). The number of hydrogen-bond donors (Lipinski definition) is 0. The third kappa shape index (κ3) is 3.85. The molecule has 3 aliphatic heterocycles. The molecule has 8 nitrogen and oxygen atoms in total. The maximum absolute atomic E-state index is 7.55. The molecule has 0 N–H and O–H groups in total. The minimum absolute atomic E-state index is 0.536. The van der Waals surface area contributed by atoms with Gasteiger partial charge in [0.2, 0.25) is 0 Å². The standard InChI is InChI=1S/C34H42N4O4P2/c1-5-35(6-2)27-43(39-29-19-11-9-12-20-29)37(31-23-15-17-25-33(31)41-43)44(28-36(7-3)8-4,40-30-21-13-10-14-22-30)38(43)32-24-16-18-26-34(32)42-44/h9-26H,5-8,27-28H2,1-4H3. The predicted molar refractivity (Wildman–Crippen MR) is 183 cm³/mol. The van der Waals surface area contributed by atoms with Crippen LogP contribution in [-0.2, 0) is 0 Å². The maximum atomic E-state index is 7.55. The summed E-state index contributed by atoms with van der Waals surface area (Å²) in [4.78, 5) is 4.82. The Morgan fingerprint density at radius 1 is 0.500 bits per heavy atom. The Bertz CT molecular complexity index is 1520. The van der Waals surface area contributed by atoms with Crippen LogP contribution in [0.3, 0.4) is 0 Å². The van der Waals surface area contributed by atoms with Crippen LogP contribution in [0.25, 0.3) is 0 Å². The van der Waals surface area contributed by atoms with Crippen LogP contribution in [0.4, 0.5) is 11.4 Å². The molecule has 0 spiro atoms. The Morgan fingerprint density at radius 2 is 0.841 bits per heavy atom. The first kappa shape index (κ1) is 29.2. The summed E-state index contributed by atoms with van der Waals surface area (Å²) in [5.74, 6) is 3.06. The monoisotopic (exact) mass is 632 g/mol. The van der Waals surface area contributed by atoms with Gasteiger partial charge in [-0.05, 0) is 0 Å². The first-order valence-electron chi connectivity index (χ1n) is 15.6. The van der Waals surface area contributed by atoms with Gasteiger partial charge in [0.15, 0.2) is 0 Å². The van der Waals surface area contributed by atoms with Crippen LogP contribution < -0.4 is 27.0 Å². The summed E-state index contributed by atoms with van der Waals surface area (Å²) in [5.41, 5.74) is 1.89. The van der Waals surface area contributed by atoms with Gasteiger partial charge in [0.25, 0.3) is 0 Å². The SMILES string of the molecule is CCN(CC)CP12(Oc3ccccc3)Oc3ccccc3N1P1(CN(CC)CC)(Oc3ccccc3)Oc3ccccc3N21. The van der Waals surface area contributed by atoms with E-state index in [-0.39, 0.29) is 0 Å². The first-order chi connectivity index (χ1) is 21.4. The van der Waals surface area contributed by atoms with E-state index in [0.29, 0.717) is 12.6 Å². The Balaban J connectivity index is 1.60. The van der Waals surface area contributed by atoms with Gasteiger partial charge in [-0.25, -0.2) is 0 Å². The molecule has 1 fully saturated rings. The minimum atomic E-state index is -4.14. The molecule has 10 heteroatoms. The van der Waals surface area contributed by atoms with Gasteiger partial charge in [-0.2, -0.15) is 0 Å². The molecule has 0 aromatic heterocycles. The van der Waals surface area contributed by atoms with Crippen molar-refractivity contribution in [3.05, 3.63) is 109 Å². The normalized spacial score (nSPS) is 20.7. The number of nitrogens with zero attached hydrogens (tertiary/aromatic N) is 4. The number of anilines is 2. The van der Waals surface area contributed by atoms with Crippen molar-refractivity contribution in [1.29, 1.82) is 0 Å². The van der Waals surface area contributed by atoms with Crippen LogP contribution >= 0.6 is 14.7 Å². The van der Waals surface area contributed by atoms with E-state index in [1.165, 1.54) is 0 Å². The van der Waals surface area contributed by atoms with E-state index in [0.717, 1.165) is 60.6 Å². The van der Waals surface area contributed by atoms with Crippen molar-refractivity contribution in [2.75, 3.05) is 47.6 Å². The van der Waals surface area contributed by atoms with Gasteiger partial charge >= 0.3 is 262 Å². The van der Waals surface area contributed by atoms with E-state index in [1.807, 2.05) is 72.8 Å². The second-order valence-corrected chi connectivity index (χ2v) is 19.1. The van der Waals surface area contributed by atoms with Crippen LogP contribution in [0.5, 0.6) is 23.0 Å². The van der Waals surface area contributed by atoms with E-state index in [9.17, 15) is 0 Å². The van der Waals surface area contributed by atoms with E-state index in [2.05, 4.69) is 82.8 Å². The molecule has 44 heavy (non-hydrogen) atoms. The first-order valence-corrected chi connectivity index (χ1v) is 20.0. The summed E-state index contributed by atoms with van der Waals surface area (Å²) < 4.78 is 34.9. The van der Waals surface area contributed by atoms with Gasteiger partial charge in [-0.3, -0.25) is 0 Å². The molecule has 0 bridgehead atoms. The van der Waals surface area contributed by atoms with Crippen molar-refractivity contribution in [1.82, 2.24) is 9.80 Å². The molecular formula is C34H42N4O4P2. The van der Waals surface area contributed by atoms with E-state index >= 15 is 0 Å². The van der Waals surface area contributed by atoms with Crippen molar-refractivity contribution in [3.63, 3.8) is 0 Å². The molecule has 0 atom stereocenters. The van der Waals surface area contributed by atoms with Crippen LogP contribution in [0, 0.1) is 0 Å². The zero-order valence-corrected chi connectivity index (χ0v) is 27.7. The van der Waals surface area contributed by atoms with Crippen molar-refractivity contribution in [2.45, 2.75) is 27.7 Å². The number of rotatable bonds is 12. The fourth-order valence-corrected chi connectivity index (χ4v) is 23.1. The van der Waals surface area contributed by atoms with Crippen molar-refractivity contribution in [2.24, 2.45) is 0 Å². The molecule has 1 saturated heterocycles. The third-order valence-electron chi connectivity index (χ3n) is 8.96. The molecule has 0 unspecified atom stereocenters. The molecule has 4 aromatic carbocycles. The van der Waals surface area contributed by atoms with Crippen molar-refractivity contribution in [3.8, 4) is 23.0 Å². The van der Waals surface area contributed by atoms with Crippen molar-refractivity contribution < 1.29 is 18.1 Å². The Morgan fingerprint density at radius 3 is 1.20 bits per heavy atom. The van der Waals surface area contributed by atoms with Gasteiger partial charge in [-0.1, -0.05) is 0 Å². The van der Waals surface area contributed by atoms with Gasteiger partial charge in [0, 0.05) is 0 Å². The number of benzene rings is 4. The molecule has 0 radical (unpaired) electrons. The predicted octanol–water partition coefficient (Wildman–Crippen LogP) is 8.98. The molecule has 232 valence electrons. The molecule has 0 amide bonds. The van der Waals surface area contributed by atoms with E-state index in [1.54, 1.807) is 0 Å². The summed E-state index contributed by atoms with van der Waals surface area (Å²) in [6.07, 6.45) is 1.07. The summed E-state index contributed by atoms with van der Waals surface area (Å²) in [6.45, 7) is 12.1. The van der Waals surface area contributed by atoms with Gasteiger partial charge in [-0.15, -0.1) is 0 Å². The molecule has 3 aliphatic rings. The van der Waals surface area contributed by atoms with Gasteiger partial charge in [0.1, 0.15) is 0 Å². The van der Waals surface area contributed by atoms with Crippen LogP contribution in [0.15, 0.2) is 109 Å². The zero-order chi connectivity index (χ0) is 30.5. The topological polar surface area (TPSA) is 49.9 Å². The summed E-state index contributed by atoms with van der Waals surface area (Å²) >= 11 is 0. The average Bonchev–Trinajstić information content (AvgIpc) is 3.48. The average molecular weight is 633 g/mol. The fraction of sp³-hybridized carbons (Fsp3) is 0.294. The third-order valence-corrected chi connectivity index (χ3v) is 21.1. The van der Waals surface area contributed by atoms with Crippen LogP contribution in [0.1, 0.15) is 27.7 Å². The Hall–Kier alpha value is -3.54. The molecule has 4 aromatic rings. The van der Waals surface area contributed by atoms with Crippen LogP contribution in [0.2, 0.25) is 0 Å². The zero-order valence-electron chi connectivity index (χ0n) is 26.0. The second kappa shape index (κ2) is 10.5. The second-order valence-electron chi connectivity index (χ2n) is 11.5. The van der Waals surface area contributed by atoms with Gasteiger partial charge in [0.05, 0.1) is 0 Å².